The van der Waals surface area contributed by atoms with Crippen molar-refractivity contribution in [3.8, 4) is 0 Å². The summed E-state index contributed by atoms with van der Waals surface area (Å²) in [7, 11) is 0. The van der Waals surface area contributed by atoms with Crippen LogP contribution in [0.2, 0.25) is 0 Å². The summed E-state index contributed by atoms with van der Waals surface area (Å²) < 4.78 is 5.36. The molecule has 0 N–H and O–H groups in total. The van der Waals surface area contributed by atoms with Crippen molar-refractivity contribution in [2.24, 2.45) is 4.99 Å². The quantitative estimate of drug-likeness (QED) is 0.610. The molecule has 5 nitrogen and oxygen atoms in total. The number of allylic oxidation sites excluding steroid dienone is 1. The van der Waals surface area contributed by atoms with E-state index in [4.69, 9.17) is 4.74 Å². The third-order valence-electron chi connectivity index (χ3n) is 5.27. The fourth-order valence-corrected chi connectivity index (χ4v) is 3.94. The minimum absolute atomic E-state index is 0.0458. The van der Waals surface area contributed by atoms with Gasteiger partial charge in [0.15, 0.2) is 0 Å². The molecule has 2 aliphatic heterocycles. The molecule has 5 heteroatoms. The maximum Gasteiger partial charge on any atom is 0.306 e. The first-order valence-electron chi connectivity index (χ1n) is 10.6. The van der Waals surface area contributed by atoms with Gasteiger partial charge in [-0.1, -0.05) is 31.5 Å². The van der Waals surface area contributed by atoms with Gasteiger partial charge >= 0.3 is 5.97 Å². The molecule has 1 atom stereocenters. The maximum atomic E-state index is 13.1. The molecule has 0 fully saturated rings. The number of anilines is 1. The lowest BCUT2D eigenvalue weighted by Gasteiger charge is -2.26. The van der Waals surface area contributed by atoms with Crippen LogP contribution < -0.4 is 4.90 Å². The Bertz CT molecular complexity index is 833. The van der Waals surface area contributed by atoms with Gasteiger partial charge < -0.3 is 9.64 Å². The van der Waals surface area contributed by atoms with Crippen LogP contribution in [0.3, 0.4) is 0 Å². The molecule has 0 aliphatic carbocycles. The predicted molar refractivity (Wildman–Crippen MR) is 116 cm³/mol. The number of esters is 1. The van der Waals surface area contributed by atoms with Crippen LogP contribution in [0.25, 0.3) is 0 Å². The van der Waals surface area contributed by atoms with E-state index in [9.17, 15) is 9.59 Å². The minimum atomic E-state index is -0.540. The number of aliphatic imine (C=N–C) groups is 1. The smallest absolute Gasteiger partial charge is 0.306 e. The van der Waals surface area contributed by atoms with E-state index in [0.29, 0.717) is 0 Å². The SMILES string of the molecule is CCCCC1=CN=C(C2Cc3ccccc3N2C(=O)CCC(=O)OC(C)(C)C)C1. The van der Waals surface area contributed by atoms with Crippen LogP contribution in [0.15, 0.2) is 41.0 Å². The minimum Gasteiger partial charge on any atom is -0.460 e. The van der Waals surface area contributed by atoms with Crippen molar-refractivity contribution in [2.75, 3.05) is 4.90 Å². The average Bonchev–Trinajstić information content (AvgIpc) is 3.27. The third kappa shape index (κ3) is 5.34. The third-order valence-corrected chi connectivity index (χ3v) is 5.27. The van der Waals surface area contributed by atoms with Crippen molar-refractivity contribution in [3.63, 3.8) is 0 Å². The molecule has 1 aromatic rings. The molecule has 1 unspecified atom stereocenters. The summed E-state index contributed by atoms with van der Waals surface area (Å²) in [6.45, 7) is 7.69. The first-order chi connectivity index (χ1) is 13.8. The number of amides is 1. The van der Waals surface area contributed by atoms with Gasteiger partial charge in [-0.25, -0.2) is 0 Å². The number of rotatable bonds is 7. The van der Waals surface area contributed by atoms with Crippen LogP contribution in [-0.4, -0.2) is 29.2 Å². The first kappa shape index (κ1) is 21.3. The van der Waals surface area contributed by atoms with Gasteiger partial charge in [0.25, 0.3) is 0 Å². The van der Waals surface area contributed by atoms with Crippen molar-refractivity contribution < 1.29 is 14.3 Å². The molecule has 156 valence electrons. The highest BCUT2D eigenvalue weighted by Crippen LogP contribution is 2.36. The van der Waals surface area contributed by atoms with E-state index < -0.39 is 5.60 Å². The molecule has 2 aliphatic rings. The molecule has 3 rings (SSSR count). The van der Waals surface area contributed by atoms with E-state index in [-0.39, 0.29) is 30.8 Å². The van der Waals surface area contributed by atoms with Crippen LogP contribution in [0.5, 0.6) is 0 Å². The number of hydrogen-bond acceptors (Lipinski definition) is 4. The topological polar surface area (TPSA) is 59.0 Å². The van der Waals surface area contributed by atoms with Crippen molar-refractivity contribution >= 4 is 23.3 Å². The van der Waals surface area contributed by atoms with E-state index in [1.165, 1.54) is 5.57 Å². The van der Waals surface area contributed by atoms with Crippen LogP contribution in [0, 0.1) is 0 Å². The fraction of sp³-hybridized carbons (Fsp3) is 0.542. The summed E-state index contributed by atoms with van der Waals surface area (Å²) in [5, 5.41) is 0. The van der Waals surface area contributed by atoms with Gasteiger partial charge in [0, 0.05) is 36.9 Å². The zero-order valence-electron chi connectivity index (χ0n) is 18.0. The van der Waals surface area contributed by atoms with Crippen LogP contribution >= 0.6 is 0 Å². The van der Waals surface area contributed by atoms with E-state index in [0.717, 1.165) is 49.1 Å². The Balaban J connectivity index is 1.70. The van der Waals surface area contributed by atoms with Gasteiger partial charge in [0.2, 0.25) is 5.91 Å². The highest BCUT2D eigenvalue weighted by molar-refractivity contribution is 6.07. The van der Waals surface area contributed by atoms with E-state index >= 15 is 0 Å². The molecule has 0 aromatic heterocycles. The average molecular weight is 397 g/mol. The van der Waals surface area contributed by atoms with Crippen LogP contribution in [0.1, 0.15) is 71.8 Å². The fourth-order valence-electron chi connectivity index (χ4n) is 3.94. The Morgan fingerprint density at radius 2 is 1.97 bits per heavy atom. The lowest BCUT2D eigenvalue weighted by molar-refractivity contribution is -0.155. The lowest BCUT2D eigenvalue weighted by atomic mass is 9.99. The largest absolute Gasteiger partial charge is 0.460 e. The van der Waals surface area contributed by atoms with Gasteiger partial charge in [-0.05, 0) is 50.8 Å². The van der Waals surface area contributed by atoms with E-state index in [1.54, 1.807) is 0 Å². The number of carbonyl (C=O) groups excluding carboxylic acids is 2. The van der Waals surface area contributed by atoms with Gasteiger partial charge in [0.05, 0.1) is 12.5 Å². The number of fused-ring (bicyclic) bond motifs is 1. The number of nitrogens with zero attached hydrogens (tertiary/aromatic N) is 2. The van der Waals surface area contributed by atoms with Gasteiger partial charge in [0.1, 0.15) is 5.60 Å². The number of benzene rings is 1. The van der Waals surface area contributed by atoms with Gasteiger partial charge in [-0.3, -0.25) is 14.6 Å². The molecular weight excluding hydrogens is 364 g/mol. The second-order valence-corrected chi connectivity index (χ2v) is 8.89. The molecule has 1 amide bonds. The Morgan fingerprint density at radius 3 is 2.69 bits per heavy atom. The zero-order valence-corrected chi connectivity index (χ0v) is 18.0. The summed E-state index contributed by atoms with van der Waals surface area (Å²) in [5.74, 6) is -0.382. The van der Waals surface area contributed by atoms with Crippen LogP contribution in [0.4, 0.5) is 5.69 Å². The van der Waals surface area contributed by atoms with Crippen LogP contribution in [-0.2, 0) is 20.7 Å². The summed E-state index contributed by atoms with van der Waals surface area (Å²) in [6, 6.07) is 7.96. The van der Waals surface area contributed by atoms with E-state index in [1.807, 2.05) is 50.1 Å². The van der Waals surface area contributed by atoms with E-state index in [2.05, 4.69) is 18.0 Å². The lowest BCUT2D eigenvalue weighted by Crippen LogP contribution is -2.42. The summed E-state index contributed by atoms with van der Waals surface area (Å²) in [4.78, 5) is 31.8. The Morgan fingerprint density at radius 1 is 1.21 bits per heavy atom. The monoisotopic (exact) mass is 396 g/mol. The second kappa shape index (κ2) is 8.93. The molecule has 0 saturated carbocycles. The molecule has 0 radical (unpaired) electrons. The maximum absolute atomic E-state index is 13.1. The molecule has 0 spiro atoms. The molecular formula is C24H32N2O3. The standard InChI is InChI=1S/C24H32N2O3/c1-5-6-9-17-14-19(25-16-17)21-15-18-10-7-8-11-20(18)26(21)22(27)12-13-23(28)29-24(2,3)4/h7-8,10-11,16,21H,5-6,9,12-15H2,1-4H3. The number of carbonyl (C=O) groups is 2. The summed E-state index contributed by atoms with van der Waals surface area (Å²) in [5.41, 5.74) is 3.96. The van der Waals surface area contributed by atoms with Gasteiger partial charge in [-0.15, -0.1) is 0 Å². The van der Waals surface area contributed by atoms with Gasteiger partial charge in [-0.2, -0.15) is 0 Å². The van der Waals surface area contributed by atoms with Crippen molar-refractivity contribution in [2.45, 2.75) is 84.3 Å². The predicted octanol–water partition coefficient (Wildman–Crippen LogP) is 4.99. The molecule has 2 heterocycles. The molecule has 29 heavy (non-hydrogen) atoms. The second-order valence-electron chi connectivity index (χ2n) is 8.89. The first-order valence-corrected chi connectivity index (χ1v) is 10.6. The normalized spacial score (nSPS) is 18.3. The van der Waals surface area contributed by atoms with Crippen molar-refractivity contribution in [1.82, 2.24) is 0 Å². The highest BCUT2D eigenvalue weighted by Gasteiger charge is 2.37. The number of para-hydroxylation sites is 1. The Hall–Kier alpha value is -2.43. The zero-order chi connectivity index (χ0) is 21.0. The molecule has 0 saturated heterocycles. The summed E-state index contributed by atoms with van der Waals surface area (Å²) in [6.07, 6.45) is 7.23. The number of unbranched alkanes of at least 4 members (excludes halogenated alkanes) is 1. The van der Waals surface area contributed by atoms with Crippen molar-refractivity contribution in [1.29, 1.82) is 0 Å². The molecule has 1 aromatic carbocycles. The Labute approximate surface area is 173 Å². The Kier molecular flexibility index (Phi) is 6.56. The molecule has 0 bridgehead atoms. The number of ether oxygens (including phenoxy) is 1. The van der Waals surface area contributed by atoms with Crippen molar-refractivity contribution in [3.05, 3.63) is 41.6 Å². The highest BCUT2D eigenvalue weighted by atomic mass is 16.6. The number of hydrogen-bond donors (Lipinski definition) is 0. The summed E-state index contributed by atoms with van der Waals surface area (Å²) >= 11 is 0.